The number of benzene rings is 2. The molecule has 2 aromatic carbocycles. The SMILES string of the molecule is CCCCCCCOc1ccc(CC(CN)C(CO)CCCOCc2ccccc2)cc1. The molecule has 4 heteroatoms. The molecule has 3 N–H and O–H groups in total. The fourth-order valence-corrected chi connectivity index (χ4v) is 4.05. The Balaban J connectivity index is 1.69. The molecule has 0 spiro atoms. The predicted molar refractivity (Wildman–Crippen MR) is 133 cm³/mol. The first-order chi connectivity index (χ1) is 15.8. The van der Waals surface area contributed by atoms with E-state index in [-0.39, 0.29) is 18.4 Å². The average molecular weight is 442 g/mol. The molecule has 0 saturated carbocycles. The molecule has 0 amide bonds. The Morgan fingerprint density at radius 2 is 1.56 bits per heavy atom. The maximum atomic E-state index is 9.94. The van der Waals surface area contributed by atoms with Crippen LogP contribution in [0.15, 0.2) is 54.6 Å². The van der Waals surface area contributed by atoms with E-state index in [9.17, 15) is 5.11 Å². The van der Waals surface area contributed by atoms with E-state index in [4.69, 9.17) is 15.2 Å². The summed E-state index contributed by atoms with van der Waals surface area (Å²) in [5, 5.41) is 9.94. The zero-order valence-corrected chi connectivity index (χ0v) is 19.9. The molecule has 32 heavy (non-hydrogen) atoms. The highest BCUT2D eigenvalue weighted by atomic mass is 16.5. The van der Waals surface area contributed by atoms with Crippen LogP contribution in [0.4, 0.5) is 0 Å². The lowest BCUT2D eigenvalue weighted by Crippen LogP contribution is -2.28. The monoisotopic (exact) mass is 441 g/mol. The van der Waals surface area contributed by atoms with Crippen LogP contribution in [0.5, 0.6) is 5.75 Å². The van der Waals surface area contributed by atoms with Crippen molar-refractivity contribution in [3.05, 3.63) is 65.7 Å². The van der Waals surface area contributed by atoms with E-state index < -0.39 is 0 Å². The fraction of sp³-hybridized carbons (Fsp3) is 0.571. The summed E-state index contributed by atoms with van der Waals surface area (Å²) >= 11 is 0. The van der Waals surface area contributed by atoms with Gasteiger partial charge in [0.1, 0.15) is 5.75 Å². The number of nitrogens with two attached hydrogens (primary N) is 1. The number of rotatable bonds is 18. The molecular formula is C28H43NO3. The maximum absolute atomic E-state index is 9.94. The smallest absolute Gasteiger partial charge is 0.119 e. The van der Waals surface area contributed by atoms with Crippen molar-refractivity contribution >= 4 is 0 Å². The summed E-state index contributed by atoms with van der Waals surface area (Å²) in [6.45, 7) is 5.10. The Morgan fingerprint density at radius 1 is 0.812 bits per heavy atom. The van der Waals surface area contributed by atoms with Crippen molar-refractivity contribution < 1.29 is 14.6 Å². The molecule has 2 aromatic rings. The predicted octanol–water partition coefficient (Wildman–Crippen LogP) is 5.76. The third-order valence-electron chi connectivity index (χ3n) is 6.12. The molecule has 0 heterocycles. The molecule has 0 aromatic heterocycles. The number of hydrogen-bond donors (Lipinski definition) is 2. The number of ether oxygens (including phenoxy) is 2. The minimum absolute atomic E-state index is 0.166. The molecule has 0 aliphatic rings. The Bertz CT molecular complexity index is 690. The quantitative estimate of drug-likeness (QED) is 0.289. The maximum Gasteiger partial charge on any atom is 0.119 e. The van der Waals surface area contributed by atoms with Crippen molar-refractivity contribution in [2.45, 2.75) is 64.9 Å². The van der Waals surface area contributed by atoms with E-state index in [2.05, 4.69) is 43.3 Å². The number of aliphatic hydroxyl groups excluding tert-OH is 1. The summed E-state index contributed by atoms with van der Waals surface area (Å²) in [6, 6.07) is 18.6. The van der Waals surface area contributed by atoms with E-state index in [1.165, 1.54) is 36.8 Å². The van der Waals surface area contributed by atoms with Gasteiger partial charge < -0.3 is 20.3 Å². The normalized spacial score (nSPS) is 13.1. The van der Waals surface area contributed by atoms with Gasteiger partial charge in [-0.3, -0.25) is 0 Å². The van der Waals surface area contributed by atoms with Gasteiger partial charge in [-0.1, -0.05) is 75.1 Å². The summed E-state index contributed by atoms with van der Waals surface area (Å²) in [7, 11) is 0. The second-order valence-electron chi connectivity index (χ2n) is 8.73. The molecule has 0 bridgehead atoms. The van der Waals surface area contributed by atoms with Crippen molar-refractivity contribution in [2.75, 3.05) is 26.4 Å². The third kappa shape index (κ3) is 10.6. The molecule has 4 nitrogen and oxygen atoms in total. The topological polar surface area (TPSA) is 64.7 Å². The molecule has 178 valence electrons. The minimum Gasteiger partial charge on any atom is -0.494 e. The second-order valence-corrected chi connectivity index (χ2v) is 8.73. The largest absolute Gasteiger partial charge is 0.494 e. The first kappa shape index (κ1) is 26.4. The summed E-state index contributed by atoms with van der Waals surface area (Å²) in [5.41, 5.74) is 8.52. The zero-order chi connectivity index (χ0) is 22.9. The first-order valence-corrected chi connectivity index (χ1v) is 12.4. The summed E-state index contributed by atoms with van der Waals surface area (Å²) in [4.78, 5) is 0. The Hall–Kier alpha value is -1.88. The highest BCUT2D eigenvalue weighted by molar-refractivity contribution is 5.27. The van der Waals surface area contributed by atoms with Gasteiger partial charge >= 0.3 is 0 Å². The van der Waals surface area contributed by atoms with Gasteiger partial charge in [-0.05, 0) is 67.3 Å². The summed E-state index contributed by atoms with van der Waals surface area (Å²) < 4.78 is 11.7. The highest BCUT2D eigenvalue weighted by Crippen LogP contribution is 2.23. The molecule has 0 aliphatic heterocycles. The Labute approximate surface area is 195 Å². The van der Waals surface area contributed by atoms with Crippen molar-refractivity contribution in [2.24, 2.45) is 17.6 Å². The van der Waals surface area contributed by atoms with Crippen molar-refractivity contribution in [3.63, 3.8) is 0 Å². The van der Waals surface area contributed by atoms with Crippen LogP contribution in [-0.4, -0.2) is 31.5 Å². The molecule has 0 saturated heterocycles. The molecular weight excluding hydrogens is 398 g/mol. The number of hydrogen-bond acceptors (Lipinski definition) is 4. The van der Waals surface area contributed by atoms with Crippen LogP contribution in [0.3, 0.4) is 0 Å². The molecule has 2 unspecified atom stereocenters. The zero-order valence-electron chi connectivity index (χ0n) is 19.9. The van der Waals surface area contributed by atoms with Crippen LogP contribution < -0.4 is 10.5 Å². The van der Waals surface area contributed by atoms with Crippen LogP contribution in [-0.2, 0) is 17.8 Å². The standard InChI is InChI=1S/C28H43NO3/c1-2-3-4-5-9-19-32-28-16-14-24(15-17-28)20-27(21-29)26(22-30)13-10-18-31-23-25-11-7-6-8-12-25/h6-8,11-12,14-17,26-27,30H,2-5,9-10,13,18-23,29H2,1H3. The van der Waals surface area contributed by atoms with Gasteiger partial charge in [-0.25, -0.2) is 0 Å². The Kier molecular flexibility index (Phi) is 13.8. The van der Waals surface area contributed by atoms with Gasteiger partial charge in [0.2, 0.25) is 0 Å². The van der Waals surface area contributed by atoms with Crippen LogP contribution in [0, 0.1) is 11.8 Å². The molecule has 0 radical (unpaired) electrons. The van der Waals surface area contributed by atoms with E-state index in [0.717, 1.165) is 38.0 Å². The second kappa shape index (κ2) is 16.7. The Morgan fingerprint density at radius 3 is 2.25 bits per heavy atom. The molecule has 2 rings (SSSR count). The van der Waals surface area contributed by atoms with Gasteiger partial charge in [-0.2, -0.15) is 0 Å². The van der Waals surface area contributed by atoms with Gasteiger partial charge in [-0.15, -0.1) is 0 Å². The number of unbranched alkanes of at least 4 members (excludes halogenated alkanes) is 4. The minimum atomic E-state index is 0.166. The van der Waals surface area contributed by atoms with E-state index in [1.54, 1.807) is 0 Å². The average Bonchev–Trinajstić information content (AvgIpc) is 2.84. The third-order valence-corrected chi connectivity index (χ3v) is 6.12. The summed E-state index contributed by atoms with van der Waals surface area (Å²) in [5.74, 6) is 1.39. The van der Waals surface area contributed by atoms with Gasteiger partial charge in [0, 0.05) is 13.2 Å². The fourth-order valence-electron chi connectivity index (χ4n) is 4.05. The van der Waals surface area contributed by atoms with Crippen molar-refractivity contribution in [3.8, 4) is 5.75 Å². The lowest BCUT2D eigenvalue weighted by molar-refractivity contribution is 0.101. The molecule has 2 atom stereocenters. The van der Waals surface area contributed by atoms with Crippen molar-refractivity contribution in [1.29, 1.82) is 0 Å². The van der Waals surface area contributed by atoms with Crippen LogP contribution >= 0.6 is 0 Å². The molecule has 0 aliphatic carbocycles. The van der Waals surface area contributed by atoms with Gasteiger partial charge in [0.25, 0.3) is 0 Å². The van der Waals surface area contributed by atoms with Gasteiger partial charge in [0.05, 0.1) is 13.2 Å². The van der Waals surface area contributed by atoms with E-state index in [0.29, 0.717) is 19.8 Å². The van der Waals surface area contributed by atoms with E-state index in [1.807, 2.05) is 18.2 Å². The van der Waals surface area contributed by atoms with Crippen LogP contribution in [0.2, 0.25) is 0 Å². The lowest BCUT2D eigenvalue weighted by atomic mass is 9.84. The highest BCUT2D eigenvalue weighted by Gasteiger charge is 2.20. The van der Waals surface area contributed by atoms with E-state index >= 15 is 0 Å². The summed E-state index contributed by atoms with van der Waals surface area (Å²) in [6.07, 6.45) is 8.96. The lowest BCUT2D eigenvalue weighted by Gasteiger charge is -2.24. The van der Waals surface area contributed by atoms with Gasteiger partial charge in [0.15, 0.2) is 0 Å². The van der Waals surface area contributed by atoms with Crippen molar-refractivity contribution in [1.82, 2.24) is 0 Å². The number of aliphatic hydroxyl groups is 1. The molecule has 0 fully saturated rings. The van der Waals surface area contributed by atoms with Crippen LogP contribution in [0.1, 0.15) is 63.0 Å². The first-order valence-electron chi connectivity index (χ1n) is 12.4. The van der Waals surface area contributed by atoms with Crippen LogP contribution in [0.25, 0.3) is 0 Å².